The van der Waals surface area contributed by atoms with Crippen molar-refractivity contribution in [1.29, 1.82) is 0 Å². The predicted molar refractivity (Wildman–Crippen MR) is 119 cm³/mol. The molecule has 0 spiro atoms. The van der Waals surface area contributed by atoms with Gasteiger partial charge in [-0.2, -0.15) is 0 Å². The highest BCUT2D eigenvalue weighted by molar-refractivity contribution is 5.43. The summed E-state index contributed by atoms with van der Waals surface area (Å²) in [5.41, 5.74) is 2.54. The van der Waals surface area contributed by atoms with Crippen LogP contribution >= 0.6 is 0 Å². The summed E-state index contributed by atoms with van der Waals surface area (Å²) >= 11 is 0. The first-order valence-electron chi connectivity index (χ1n) is 11.1. The van der Waals surface area contributed by atoms with Crippen LogP contribution in [0.4, 0.5) is 0 Å². The van der Waals surface area contributed by atoms with Gasteiger partial charge in [-0.15, -0.1) is 0 Å². The molecule has 152 valence electrons. The number of rotatable bonds is 0. The fourth-order valence-corrected chi connectivity index (χ4v) is 6.55. The van der Waals surface area contributed by atoms with Crippen LogP contribution in [0.5, 0.6) is 5.75 Å². The number of phenolic OH excluding ortho intramolecular Hbond substituents is 1. The molecule has 0 saturated heterocycles. The van der Waals surface area contributed by atoms with E-state index in [1.165, 1.54) is 11.1 Å². The van der Waals surface area contributed by atoms with Crippen molar-refractivity contribution in [3.05, 3.63) is 65.2 Å². The van der Waals surface area contributed by atoms with Crippen LogP contribution < -0.4 is 0 Å². The highest BCUT2D eigenvalue weighted by atomic mass is 16.3. The van der Waals surface area contributed by atoms with Gasteiger partial charge in [0.15, 0.2) is 0 Å². The van der Waals surface area contributed by atoms with Crippen molar-refractivity contribution >= 4 is 0 Å². The molecule has 30 heavy (non-hydrogen) atoms. The molecule has 3 aliphatic rings. The minimum atomic E-state index is -0.955. The summed E-state index contributed by atoms with van der Waals surface area (Å²) in [4.78, 5) is 0. The zero-order valence-electron chi connectivity index (χ0n) is 17.5. The fourth-order valence-electron chi connectivity index (χ4n) is 6.55. The first kappa shape index (κ1) is 19.3. The van der Waals surface area contributed by atoms with Crippen LogP contribution in [0.3, 0.4) is 0 Å². The molecule has 5 rings (SSSR count). The smallest absolute Gasteiger partial charge is 0.132 e. The van der Waals surface area contributed by atoms with Crippen molar-refractivity contribution < 1.29 is 10.2 Å². The first-order chi connectivity index (χ1) is 14.5. The van der Waals surface area contributed by atoms with Gasteiger partial charge in [0, 0.05) is 11.0 Å². The number of aliphatic hydroxyl groups is 1. The maximum Gasteiger partial charge on any atom is 0.132 e. The largest absolute Gasteiger partial charge is 0.508 e. The van der Waals surface area contributed by atoms with Gasteiger partial charge in [-0.1, -0.05) is 43.0 Å². The van der Waals surface area contributed by atoms with Crippen LogP contribution in [0.1, 0.15) is 61.6 Å². The molecule has 2 heteroatoms. The number of hydrogen-bond acceptors (Lipinski definition) is 2. The van der Waals surface area contributed by atoms with Gasteiger partial charge in [0.25, 0.3) is 0 Å². The summed E-state index contributed by atoms with van der Waals surface area (Å²) in [5, 5.41) is 21.5. The van der Waals surface area contributed by atoms with Crippen LogP contribution in [0.2, 0.25) is 0 Å². The lowest BCUT2D eigenvalue weighted by Gasteiger charge is -2.52. The molecule has 2 N–H and O–H groups in total. The average Bonchev–Trinajstić information content (AvgIpc) is 3.03. The van der Waals surface area contributed by atoms with Gasteiger partial charge >= 0.3 is 0 Å². The Morgan fingerprint density at radius 2 is 1.80 bits per heavy atom. The van der Waals surface area contributed by atoms with Gasteiger partial charge in [0.2, 0.25) is 0 Å². The SMILES string of the molecule is C[C@]12CC[C@@H]3c4ccc(O)cc4CC[C@H]3[C@@H]1CC[C@@]2(O)C#CC#Cc1ccccc1. The van der Waals surface area contributed by atoms with E-state index < -0.39 is 5.60 Å². The summed E-state index contributed by atoms with van der Waals surface area (Å²) in [6.07, 6.45) is 5.98. The molecular weight excluding hydrogens is 368 g/mol. The van der Waals surface area contributed by atoms with Crippen molar-refractivity contribution in [2.75, 3.05) is 0 Å². The maximum absolute atomic E-state index is 11.6. The molecule has 5 atom stereocenters. The van der Waals surface area contributed by atoms with E-state index in [0.29, 0.717) is 23.5 Å². The highest BCUT2D eigenvalue weighted by Gasteiger charge is 2.61. The summed E-state index contributed by atoms with van der Waals surface area (Å²) in [5.74, 6) is 14.2. The van der Waals surface area contributed by atoms with Crippen LogP contribution in [0.25, 0.3) is 0 Å². The number of phenols is 1. The van der Waals surface area contributed by atoms with Crippen LogP contribution in [-0.2, 0) is 6.42 Å². The van der Waals surface area contributed by atoms with E-state index in [0.717, 1.165) is 44.1 Å². The van der Waals surface area contributed by atoms with Crippen molar-refractivity contribution in [1.82, 2.24) is 0 Å². The Morgan fingerprint density at radius 3 is 2.63 bits per heavy atom. The summed E-state index contributed by atoms with van der Waals surface area (Å²) in [6.45, 7) is 2.26. The molecule has 2 saturated carbocycles. The molecule has 2 nitrogen and oxygen atoms in total. The Hall–Kier alpha value is -2.68. The molecule has 0 amide bonds. The number of hydrogen-bond donors (Lipinski definition) is 2. The summed E-state index contributed by atoms with van der Waals surface area (Å²) in [6, 6.07) is 15.8. The van der Waals surface area contributed by atoms with Crippen molar-refractivity contribution in [3.63, 3.8) is 0 Å². The molecule has 0 unspecified atom stereocenters. The third-order valence-corrected chi connectivity index (χ3v) is 8.17. The highest BCUT2D eigenvalue weighted by Crippen LogP contribution is 2.64. The second kappa shape index (κ2) is 7.23. The number of fused-ring (bicyclic) bond motifs is 5. The minimum Gasteiger partial charge on any atom is -0.508 e. The maximum atomic E-state index is 11.6. The molecule has 2 aromatic carbocycles. The number of aromatic hydroxyl groups is 1. The molecule has 0 bridgehead atoms. The minimum absolute atomic E-state index is 0.177. The molecule has 0 heterocycles. The van der Waals surface area contributed by atoms with Gasteiger partial charge in [-0.3, -0.25) is 0 Å². The lowest BCUT2D eigenvalue weighted by atomic mass is 9.53. The van der Waals surface area contributed by atoms with E-state index in [9.17, 15) is 10.2 Å². The topological polar surface area (TPSA) is 40.5 Å². The Labute approximate surface area is 179 Å². The van der Waals surface area contributed by atoms with Gasteiger partial charge in [0.05, 0.1) is 0 Å². The van der Waals surface area contributed by atoms with Gasteiger partial charge < -0.3 is 10.2 Å². The third-order valence-electron chi connectivity index (χ3n) is 8.17. The van der Waals surface area contributed by atoms with E-state index in [4.69, 9.17) is 0 Å². The lowest BCUT2D eigenvalue weighted by molar-refractivity contribution is -0.0647. The third kappa shape index (κ3) is 3.03. The zero-order valence-corrected chi connectivity index (χ0v) is 17.5. The van der Waals surface area contributed by atoms with E-state index in [1.54, 1.807) is 0 Å². The van der Waals surface area contributed by atoms with Crippen molar-refractivity contribution in [2.24, 2.45) is 17.3 Å². The molecule has 3 aliphatic carbocycles. The molecular formula is C28H28O2. The van der Waals surface area contributed by atoms with E-state index >= 15 is 0 Å². The van der Waals surface area contributed by atoms with Crippen LogP contribution in [-0.4, -0.2) is 15.8 Å². The van der Waals surface area contributed by atoms with E-state index in [2.05, 4.69) is 36.7 Å². The Kier molecular flexibility index (Phi) is 4.65. The normalized spacial score (nSPS) is 33.7. The Bertz CT molecular complexity index is 1080. The average molecular weight is 397 g/mol. The molecule has 2 aromatic rings. The second-order valence-corrected chi connectivity index (χ2v) is 9.52. The van der Waals surface area contributed by atoms with Crippen LogP contribution in [0, 0.1) is 40.9 Å². The van der Waals surface area contributed by atoms with E-state index in [1.807, 2.05) is 42.5 Å². The van der Waals surface area contributed by atoms with E-state index in [-0.39, 0.29) is 5.41 Å². The van der Waals surface area contributed by atoms with Crippen molar-refractivity contribution in [2.45, 2.75) is 57.0 Å². The van der Waals surface area contributed by atoms with Gasteiger partial charge in [0.1, 0.15) is 11.4 Å². The molecule has 0 radical (unpaired) electrons. The Morgan fingerprint density at radius 1 is 0.967 bits per heavy atom. The molecule has 0 aliphatic heterocycles. The standard InChI is InChI=1S/C28H28O2/c1-27-17-14-24-23-13-11-22(29)19-21(23)10-12-25(24)26(27)15-18-28(27,30)16-6-5-9-20-7-3-2-4-8-20/h2-4,7-8,11,13,19,24-26,29-30H,10,12,14-15,17-18H2,1H3/t24-,25-,26+,27+,28+/m1/s1. The monoisotopic (exact) mass is 396 g/mol. The van der Waals surface area contributed by atoms with Crippen LogP contribution in [0.15, 0.2) is 48.5 Å². The van der Waals surface area contributed by atoms with Gasteiger partial charge in [-0.25, -0.2) is 0 Å². The fraction of sp³-hybridized carbons (Fsp3) is 0.429. The number of aryl methyl sites for hydroxylation is 1. The predicted octanol–water partition coefficient (Wildman–Crippen LogP) is 5.03. The second-order valence-electron chi connectivity index (χ2n) is 9.52. The zero-order chi connectivity index (χ0) is 20.8. The summed E-state index contributed by atoms with van der Waals surface area (Å²) < 4.78 is 0. The van der Waals surface area contributed by atoms with Crippen molar-refractivity contribution in [3.8, 4) is 29.4 Å². The lowest BCUT2D eigenvalue weighted by Crippen LogP contribution is -2.50. The number of benzene rings is 2. The quantitative estimate of drug-likeness (QED) is 0.613. The summed E-state index contributed by atoms with van der Waals surface area (Å²) in [7, 11) is 0. The Balaban J connectivity index is 1.40. The molecule has 2 fully saturated rings. The van der Waals surface area contributed by atoms with Gasteiger partial charge in [-0.05, 0) is 104 Å². The first-order valence-corrected chi connectivity index (χ1v) is 11.1. The molecule has 0 aromatic heterocycles.